The lowest BCUT2D eigenvalue weighted by Gasteiger charge is -2.34. The lowest BCUT2D eigenvalue weighted by Crippen LogP contribution is -2.46. The number of likely N-dealkylation sites (tertiary alicyclic amines) is 1. The number of rotatable bonds is 6. The van der Waals surface area contributed by atoms with Crippen LogP contribution in [0.1, 0.15) is 44.1 Å². The number of halogens is 1. The highest BCUT2D eigenvalue weighted by Gasteiger charge is 2.23. The van der Waals surface area contributed by atoms with Gasteiger partial charge in [0.05, 0.1) is 11.0 Å². The summed E-state index contributed by atoms with van der Waals surface area (Å²) in [5.41, 5.74) is 0.990. The summed E-state index contributed by atoms with van der Waals surface area (Å²) < 4.78 is 6.14. The van der Waals surface area contributed by atoms with Gasteiger partial charge in [-0.05, 0) is 37.2 Å². The predicted octanol–water partition coefficient (Wildman–Crippen LogP) is 3.96. The van der Waals surface area contributed by atoms with Crippen molar-refractivity contribution in [2.75, 3.05) is 26.7 Å². The van der Waals surface area contributed by atoms with Crippen molar-refractivity contribution < 1.29 is 9.66 Å². The summed E-state index contributed by atoms with van der Waals surface area (Å²) in [5, 5.41) is 14.2. The van der Waals surface area contributed by atoms with Crippen LogP contribution in [-0.2, 0) is 11.3 Å². The molecule has 1 aliphatic heterocycles. The number of nitrogens with one attached hydrogen (secondary N) is 1. The van der Waals surface area contributed by atoms with E-state index in [-0.39, 0.29) is 34.6 Å². The second-order valence-electron chi connectivity index (χ2n) is 7.50. The molecule has 7 nitrogen and oxygen atoms in total. The number of piperidine rings is 1. The van der Waals surface area contributed by atoms with Crippen LogP contribution >= 0.6 is 24.0 Å². The van der Waals surface area contributed by atoms with Crippen molar-refractivity contribution >= 4 is 35.6 Å². The molecule has 1 heterocycles. The van der Waals surface area contributed by atoms with Crippen molar-refractivity contribution in [1.29, 1.82) is 0 Å². The van der Waals surface area contributed by atoms with Crippen LogP contribution in [0.25, 0.3) is 0 Å². The fourth-order valence-electron chi connectivity index (χ4n) is 3.98. The van der Waals surface area contributed by atoms with Crippen LogP contribution in [-0.4, -0.2) is 48.6 Å². The van der Waals surface area contributed by atoms with E-state index in [1.807, 2.05) is 6.07 Å². The number of ether oxygens (including phenoxy) is 1. The van der Waals surface area contributed by atoms with Crippen LogP contribution < -0.4 is 5.32 Å². The van der Waals surface area contributed by atoms with Crippen LogP contribution in [0.3, 0.4) is 0 Å². The number of hydrogen-bond acceptors (Lipinski definition) is 4. The minimum absolute atomic E-state index is 0. The Morgan fingerprint density at radius 2 is 2.00 bits per heavy atom. The third-order valence-electron chi connectivity index (χ3n) is 5.57. The number of nitrogens with zero attached hydrogens (tertiary/aromatic N) is 3. The van der Waals surface area contributed by atoms with Gasteiger partial charge in [-0.25, -0.2) is 0 Å². The van der Waals surface area contributed by atoms with Gasteiger partial charge in [-0.2, -0.15) is 0 Å². The van der Waals surface area contributed by atoms with Crippen LogP contribution in [0.2, 0.25) is 0 Å². The van der Waals surface area contributed by atoms with Crippen LogP contribution in [0.15, 0.2) is 29.3 Å². The highest BCUT2D eigenvalue weighted by Crippen LogP contribution is 2.26. The maximum atomic E-state index is 10.9. The molecule has 0 unspecified atom stereocenters. The Balaban J connectivity index is 0.00000280. The van der Waals surface area contributed by atoms with Gasteiger partial charge in [-0.3, -0.25) is 15.1 Å². The van der Waals surface area contributed by atoms with Gasteiger partial charge in [0.15, 0.2) is 5.96 Å². The Bertz CT molecular complexity index is 657. The Kier molecular flexibility index (Phi) is 9.43. The van der Waals surface area contributed by atoms with Gasteiger partial charge in [0.25, 0.3) is 5.69 Å². The first kappa shape index (κ1) is 22.9. The Labute approximate surface area is 184 Å². The summed E-state index contributed by atoms with van der Waals surface area (Å²) in [7, 11) is 1.78. The molecule has 1 N–H and O–H groups in total. The molecule has 1 saturated carbocycles. The molecule has 2 fully saturated rings. The zero-order chi connectivity index (χ0) is 19.1. The Morgan fingerprint density at radius 3 is 2.64 bits per heavy atom. The quantitative estimate of drug-likeness (QED) is 0.210. The summed E-state index contributed by atoms with van der Waals surface area (Å²) in [6.45, 7) is 3.28. The zero-order valence-corrected chi connectivity index (χ0v) is 18.8. The first-order valence-electron chi connectivity index (χ1n) is 9.96. The molecule has 1 aromatic carbocycles. The van der Waals surface area contributed by atoms with Gasteiger partial charge in [0, 0.05) is 45.4 Å². The number of aliphatic imine (C=N–C) groups is 1. The topological polar surface area (TPSA) is 80.0 Å². The second-order valence-corrected chi connectivity index (χ2v) is 7.50. The molecule has 1 aromatic rings. The van der Waals surface area contributed by atoms with E-state index < -0.39 is 0 Å². The number of nitro groups is 1. The largest absolute Gasteiger partial charge is 0.378 e. The fourth-order valence-corrected chi connectivity index (χ4v) is 3.98. The molecule has 1 aliphatic carbocycles. The van der Waals surface area contributed by atoms with E-state index in [1.54, 1.807) is 19.2 Å². The lowest BCUT2D eigenvalue weighted by atomic mass is 10.1. The van der Waals surface area contributed by atoms with Gasteiger partial charge >= 0.3 is 0 Å². The van der Waals surface area contributed by atoms with Crippen molar-refractivity contribution in [2.45, 2.75) is 51.2 Å². The van der Waals surface area contributed by atoms with Gasteiger partial charge in [0.1, 0.15) is 0 Å². The maximum Gasteiger partial charge on any atom is 0.269 e. The predicted molar refractivity (Wildman–Crippen MR) is 121 cm³/mol. The third-order valence-corrected chi connectivity index (χ3v) is 5.57. The van der Waals surface area contributed by atoms with E-state index in [2.05, 4.69) is 15.2 Å². The van der Waals surface area contributed by atoms with Crippen LogP contribution in [0.4, 0.5) is 5.69 Å². The van der Waals surface area contributed by atoms with Gasteiger partial charge in [0.2, 0.25) is 0 Å². The minimum atomic E-state index is -0.366. The molecule has 0 spiro atoms. The van der Waals surface area contributed by atoms with Crippen molar-refractivity contribution in [3.63, 3.8) is 0 Å². The monoisotopic (exact) mass is 502 g/mol. The second kappa shape index (κ2) is 11.5. The molecule has 3 rings (SSSR count). The van der Waals surface area contributed by atoms with E-state index in [4.69, 9.17) is 4.74 Å². The molecular formula is C20H31IN4O3. The lowest BCUT2D eigenvalue weighted by molar-refractivity contribution is -0.384. The molecule has 156 valence electrons. The molecule has 0 amide bonds. The highest BCUT2D eigenvalue weighted by molar-refractivity contribution is 14.0. The van der Waals surface area contributed by atoms with Gasteiger partial charge < -0.3 is 15.0 Å². The molecular weight excluding hydrogens is 471 g/mol. The normalized spacial score (nSPS) is 18.8. The van der Waals surface area contributed by atoms with E-state index in [0.29, 0.717) is 12.6 Å². The van der Waals surface area contributed by atoms with Crippen molar-refractivity contribution in [3.8, 4) is 0 Å². The molecule has 8 heteroatoms. The number of nitro benzene ring substituents is 1. The average molecular weight is 502 g/mol. The van der Waals surface area contributed by atoms with Gasteiger partial charge in [-0.15, -0.1) is 24.0 Å². The van der Waals surface area contributed by atoms with Crippen molar-refractivity contribution in [2.24, 2.45) is 10.9 Å². The van der Waals surface area contributed by atoms with E-state index >= 15 is 0 Å². The number of non-ortho nitro benzene ring substituents is 1. The molecule has 0 atom stereocenters. The maximum absolute atomic E-state index is 10.9. The fraction of sp³-hybridized carbons (Fsp3) is 0.650. The first-order valence-corrected chi connectivity index (χ1v) is 9.96. The molecule has 28 heavy (non-hydrogen) atoms. The highest BCUT2D eigenvalue weighted by atomic mass is 127. The summed E-state index contributed by atoms with van der Waals surface area (Å²) in [4.78, 5) is 17.2. The minimum Gasteiger partial charge on any atom is -0.378 e. The molecule has 2 aliphatic rings. The SMILES string of the molecule is CN=C(NCc1cccc([N+](=O)[O-])c1)N1CCC(OCC2CCCC2)CC1.I. The smallest absolute Gasteiger partial charge is 0.269 e. The third kappa shape index (κ3) is 6.58. The molecule has 0 aromatic heterocycles. The average Bonchev–Trinajstić information content (AvgIpc) is 3.21. The summed E-state index contributed by atoms with van der Waals surface area (Å²) >= 11 is 0. The van der Waals surface area contributed by atoms with Crippen LogP contribution in [0, 0.1) is 16.0 Å². The number of hydrogen-bond donors (Lipinski definition) is 1. The van der Waals surface area contributed by atoms with Crippen molar-refractivity contribution in [3.05, 3.63) is 39.9 Å². The Morgan fingerprint density at radius 1 is 1.29 bits per heavy atom. The summed E-state index contributed by atoms with van der Waals surface area (Å²) in [6, 6.07) is 6.71. The van der Waals surface area contributed by atoms with Crippen LogP contribution in [0.5, 0.6) is 0 Å². The summed E-state index contributed by atoms with van der Waals surface area (Å²) in [5.74, 6) is 1.61. The number of benzene rings is 1. The van der Waals surface area contributed by atoms with Gasteiger partial charge in [-0.1, -0.05) is 25.0 Å². The van der Waals surface area contributed by atoms with E-state index in [0.717, 1.165) is 50.0 Å². The van der Waals surface area contributed by atoms with Crippen molar-refractivity contribution in [1.82, 2.24) is 10.2 Å². The van der Waals surface area contributed by atoms with E-state index in [1.165, 1.54) is 31.7 Å². The molecule has 1 saturated heterocycles. The first-order chi connectivity index (χ1) is 13.2. The Hall–Kier alpha value is -1.42. The van der Waals surface area contributed by atoms with E-state index in [9.17, 15) is 10.1 Å². The molecule has 0 radical (unpaired) electrons. The zero-order valence-electron chi connectivity index (χ0n) is 16.5. The molecule has 0 bridgehead atoms. The standard InChI is InChI=1S/C20H30N4O3.HI/c1-21-20(22-14-17-7-4-8-18(13-17)24(25)26)23-11-9-19(10-12-23)27-15-16-5-2-3-6-16;/h4,7-8,13,16,19H,2-3,5-6,9-12,14-15H2,1H3,(H,21,22);1H. The summed E-state index contributed by atoms with van der Waals surface area (Å²) in [6.07, 6.45) is 7.77. The number of guanidine groups is 1.